The Morgan fingerprint density at radius 3 is 1.78 bits per heavy atom. The van der Waals surface area contributed by atoms with Gasteiger partial charge >= 0.3 is 0 Å². The molecule has 0 spiro atoms. The van der Waals surface area contributed by atoms with Gasteiger partial charge in [-0.15, -0.1) is 0 Å². The van der Waals surface area contributed by atoms with E-state index in [1.807, 2.05) is 0 Å². The standard InChI is InChI=1S/C37H70O14/c1-23-28(5,51-32(9,18-40)37(14,46)34(23,11)43)19-48-24(2)27(4,16-38)50-33(10,35(12,44)26(3)15-25(26)41)22-47-20-29(6)31(8,17-39)49-21-30(7,42)36(29,13)45/h23-25,38-46H,15-22H2,1-14H3/t23?,24?,25-,26?,27?,28-,29-,30?,31?,32?,33-,34?,35?,36?,37-/m1/s1. The molecule has 15 atom stereocenters. The van der Waals surface area contributed by atoms with Gasteiger partial charge in [0, 0.05) is 11.3 Å². The van der Waals surface area contributed by atoms with Gasteiger partial charge in [-0.05, 0) is 82.6 Å². The van der Waals surface area contributed by atoms with E-state index < -0.39 is 105 Å². The minimum absolute atomic E-state index is 0.150. The molecule has 0 aromatic rings. The van der Waals surface area contributed by atoms with Crippen molar-refractivity contribution in [3.05, 3.63) is 0 Å². The Bertz CT molecular complexity index is 1250. The van der Waals surface area contributed by atoms with Crippen molar-refractivity contribution in [2.45, 2.75) is 172 Å². The fourth-order valence-corrected chi connectivity index (χ4v) is 8.23. The van der Waals surface area contributed by atoms with E-state index in [-0.39, 0.29) is 32.8 Å². The van der Waals surface area contributed by atoms with E-state index in [0.717, 1.165) is 0 Å². The van der Waals surface area contributed by atoms with Crippen molar-refractivity contribution in [2.75, 3.05) is 46.2 Å². The summed E-state index contributed by atoms with van der Waals surface area (Å²) in [7, 11) is 0. The Hall–Kier alpha value is -0.560. The Labute approximate surface area is 304 Å². The van der Waals surface area contributed by atoms with Gasteiger partial charge < -0.3 is 69.6 Å². The molecule has 0 radical (unpaired) electrons. The van der Waals surface area contributed by atoms with E-state index in [4.69, 9.17) is 23.7 Å². The van der Waals surface area contributed by atoms with E-state index in [1.165, 1.54) is 41.5 Å². The quantitative estimate of drug-likeness (QED) is 0.111. The molecule has 0 amide bonds. The third kappa shape index (κ3) is 6.44. The lowest BCUT2D eigenvalue weighted by Crippen LogP contribution is -2.78. The van der Waals surface area contributed by atoms with Crippen LogP contribution in [0.3, 0.4) is 0 Å². The van der Waals surface area contributed by atoms with Crippen LogP contribution in [0, 0.1) is 16.7 Å². The first kappa shape index (κ1) is 44.8. The lowest BCUT2D eigenvalue weighted by atomic mass is 9.57. The highest BCUT2D eigenvalue weighted by molar-refractivity contribution is 5.20. The summed E-state index contributed by atoms with van der Waals surface area (Å²) < 4.78 is 31.6. The van der Waals surface area contributed by atoms with Gasteiger partial charge in [0.05, 0.1) is 80.7 Å². The van der Waals surface area contributed by atoms with E-state index in [2.05, 4.69) is 0 Å². The van der Waals surface area contributed by atoms with E-state index in [9.17, 15) is 46.0 Å². The summed E-state index contributed by atoms with van der Waals surface area (Å²) in [6.07, 6.45) is -1.47. The second kappa shape index (κ2) is 13.3. The Morgan fingerprint density at radius 1 is 0.824 bits per heavy atom. The van der Waals surface area contributed by atoms with Crippen molar-refractivity contribution in [2.24, 2.45) is 16.7 Å². The Balaban J connectivity index is 1.94. The number of aliphatic hydroxyl groups is 9. The maximum atomic E-state index is 12.2. The topological polar surface area (TPSA) is 228 Å². The molecule has 14 nitrogen and oxygen atoms in total. The van der Waals surface area contributed by atoms with Crippen LogP contribution in [-0.4, -0.2) is 160 Å². The molecule has 10 unspecified atom stereocenters. The highest BCUT2D eigenvalue weighted by atomic mass is 16.6. The summed E-state index contributed by atoms with van der Waals surface area (Å²) in [5, 5.41) is 100. The van der Waals surface area contributed by atoms with Gasteiger partial charge in [-0.25, -0.2) is 0 Å². The van der Waals surface area contributed by atoms with Gasteiger partial charge in [0.2, 0.25) is 0 Å². The molecule has 0 aromatic heterocycles. The number of aliphatic hydroxyl groups excluding tert-OH is 4. The molecule has 1 aliphatic carbocycles. The summed E-state index contributed by atoms with van der Waals surface area (Å²) in [6.45, 7) is 19.5. The van der Waals surface area contributed by atoms with Crippen LogP contribution in [0.5, 0.6) is 0 Å². The van der Waals surface area contributed by atoms with Gasteiger partial charge in [-0.1, -0.05) is 20.8 Å². The lowest BCUT2D eigenvalue weighted by molar-refractivity contribution is -0.368. The largest absolute Gasteiger partial charge is 0.393 e. The second-order valence-electron chi connectivity index (χ2n) is 18.6. The average molecular weight is 739 g/mol. The minimum Gasteiger partial charge on any atom is -0.393 e. The van der Waals surface area contributed by atoms with Crippen LogP contribution in [0.4, 0.5) is 0 Å². The molecule has 302 valence electrons. The van der Waals surface area contributed by atoms with Crippen molar-refractivity contribution in [1.82, 2.24) is 0 Å². The minimum atomic E-state index is -1.82. The molecule has 14 heteroatoms. The van der Waals surface area contributed by atoms with Gasteiger partial charge in [0.1, 0.15) is 39.2 Å². The highest BCUT2D eigenvalue weighted by Crippen LogP contribution is 2.59. The van der Waals surface area contributed by atoms with Crippen molar-refractivity contribution >= 4 is 0 Å². The highest BCUT2D eigenvalue weighted by Gasteiger charge is 2.71. The normalized spacial score (nSPS) is 50.2. The molecule has 2 heterocycles. The summed E-state index contributed by atoms with van der Waals surface area (Å²) in [4.78, 5) is 0. The molecule has 0 bridgehead atoms. The third-order valence-corrected chi connectivity index (χ3v) is 15.2. The first-order valence-corrected chi connectivity index (χ1v) is 18.0. The van der Waals surface area contributed by atoms with Crippen molar-refractivity contribution in [1.29, 1.82) is 0 Å². The number of ether oxygens (including phenoxy) is 5. The van der Waals surface area contributed by atoms with Crippen molar-refractivity contribution in [3.63, 3.8) is 0 Å². The molecule has 2 saturated heterocycles. The zero-order chi connectivity index (χ0) is 39.9. The maximum Gasteiger partial charge on any atom is 0.121 e. The van der Waals surface area contributed by atoms with Gasteiger partial charge in [0.15, 0.2) is 0 Å². The fraction of sp³-hybridized carbons (Fsp3) is 1.00. The van der Waals surface area contributed by atoms with E-state index in [0.29, 0.717) is 0 Å². The number of rotatable bonds is 15. The molecule has 9 N–H and O–H groups in total. The molecule has 51 heavy (non-hydrogen) atoms. The predicted molar refractivity (Wildman–Crippen MR) is 187 cm³/mol. The van der Waals surface area contributed by atoms with Crippen LogP contribution in [0.1, 0.15) is 103 Å². The zero-order valence-corrected chi connectivity index (χ0v) is 33.5. The lowest BCUT2D eigenvalue weighted by Gasteiger charge is -2.62. The first-order valence-electron chi connectivity index (χ1n) is 18.0. The molecule has 3 fully saturated rings. The monoisotopic (exact) mass is 738 g/mol. The van der Waals surface area contributed by atoms with Crippen LogP contribution in [-0.2, 0) is 23.7 Å². The van der Waals surface area contributed by atoms with Gasteiger partial charge in [0.25, 0.3) is 0 Å². The predicted octanol–water partition coefficient (Wildman–Crippen LogP) is 0.424. The van der Waals surface area contributed by atoms with Gasteiger partial charge in [-0.3, -0.25) is 0 Å². The molecule has 0 aromatic carbocycles. The fourth-order valence-electron chi connectivity index (χ4n) is 8.23. The number of hydrogen-bond donors (Lipinski definition) is 9. The molecule has 3 aliphatic rings. The van der Waals surface area contributed by atoms with Crippen LogP contribution in [0.25, 0.3) is 0 Å². The molecular formula is C37H70O14. The zero-order valence-electron chi connectivity index (χ0n) is 33.5. The van der Waals surface area contributed by atoms with Crippen LogP contribution < -0.4 is 0 Å². The van der Waals surface area contributed by atoms with Crippen molar-refractivity contribution in [3.8, 4) is 0 Å². The van der Waals surface area contributed by atoms with E-state index in [1.54, 1.807) is 55.4 Å². The first-order chi connectivity index (χ1) is 22.7. The van der Waals surface area contributed by atoms with Crippen LogP contribution in [0.2, 0.25) is 0 Å². The molecule has 3 rings (SSSR count). The van der Waals surface area contributed by atoms with Crippen molar-refractivity contribution < 1.29 is 69.6 Å². The van der Waals surface area contributed by atoms with Crippen LogP contribution >= 0.6 is 0 Å². The van der Waals surface area contributed by atoms with Crippen LogP contribution in [0.15, 0.2) is 0 Å². The molecule has 2 aliphatic heterocycles. The molecule has 1 saturated carbocycles. The smallest absolute Gasteiger partial charge is 0.121 e. The number of hydrogen-bond acceptors (Lipinski definition) is 14. The summed E-state index contributed by atoms with van der Waals surface area (Å²) in [5.74, 6) is -0.698. The Kier molecular flexibility index (Phi) is 11.7. The maximum absolute atomic E-state index is 12.2. The second-order valence-corrected chi connectivity index (χ2v) is 18.6. The molecular weight excluding hydrogens is 668 g/mol. The van der Waals surface area contributed by atoms with Gasteiger partial charge in [-0.2, -0.15) is 0 Å². The third-order valence-electron chi connectivity index (χ3n) is 15.2. The SMILES string of the molecule is CC(OC[C@@]1(C)OC(C)(CO)[C@@](C)(O)C(C)(O)C1C)C(C)(CO)O[C@](C)(COC[C@]1(C)C(C)(CO)OCC(C)(O)C1(C)O)C(C)(O)C1(C)C[C@H]1O. The summed E-state index contributed by atoms with van der Waals surface area (Å²) >= 11 is 0. The summed E-state index contributed by atoms with van der Waals surface area (Å²) in [5.41, 5.74) is -18.5. The average Bonchev–Trinajstić information content (AvgIpc) is 3.67. The summed E-state index contributed by atoms with van der Waals surface area (Å²) in [6, 6.07) is 0. The Morgan fingerprint density at radius 2 is 1.33 bits per heavy atom. The van der Waals surface area contributed by atoms with E-state index >= 15 is 0 Å².